The van der Waals surface area contributed by atoms with Crippen molar-refractivity contribution in [3.05, 3.63) is 77.7 Å². The summed E-state index contributed by atoms with van der Waals surface area (Å²) in [4.78, 5) is 47.1. The molecule has 4 atom stereocenters. The number of benzene rings is 2. The van der Waals surface area contributed by atoms with Crippen molar-refractivity contribution in [3.63, 3.8) is 0 Å². The molecule has 1 aromatic heterocycles. The number of sulfonamides is 1. The number of ether oxygens (including phenoxy) is 1. The minimum atomic E-state index is -3.75. The van der Waals surface area contributed by atoms with Crippen molar-refractivity contribution in [1.82, 2.24) is 14.6 Å². The number of carbonyl (C=O) groups excluding carboxylic acids is 3. The highest BCUT2D eigenvalue weighted by atomic mass is 35.5. The van der Waals surface area contributed by atoms with Crippen molar-refractivity contribution < 1.29 is 32.0 Å². The molecule has 0 aliphatic carbocycles. The lowest BCUT2D eigenvalue weighted by molar-refractivity contribution is -0.139. The van der Waals surface area contributed by atoms with E-state index in [1.165, 1.54) is 11.0 Å². The van der Waals surface area contributed by atoms with Gasteiger partial charge in [0.05, 0.1) is 25.0 Å². The Morgan fingerprint density at radius 1 is 1.20 bits per heavy atom. The van der Waals surface area contributed by atoms with Gasteiger partial charge in [0, 0.05) is 30.3 Å². The van der Waals surface area contributed by atoms with Gasteiger partial charge in [-0.2, -0.15) is 0 Å². The van der Waals surface area contributed by atoms with E-state index < -0.39 is 45.8 Å². The Hall–Kier alpha value is -3.42. The molecule has 0 unspecified atom stereocenters. The molecule has 1 amide bonds. The van der Waals surface area contributed by atoms with Gasteiger partial charge in [0.2, 0.25) is 21.7 Å². The summed E-state index contributed by atoms with van der Waals surface area (Å²) < 4.78 is 38.3. The molecule has 1 saturated heterocycles. The molecule has 13 heteroatoms. The Balaban J connectivity index is 1.57. The molecule has 11 nitrogen and oxygen atoms in total. The third kappa shape index (κ3) is 9.54. The number of fused-ring (bicyclic) bond motifs is 1. The van der Waals surface area contributed by atoms with Crippen LogP contribution in [-0.4, -0.2) is 73.3 Å². The first-order valence-corrected chi connectivity index (χ1v) is 17.1. The number of halogens is 1. The van der Waals surface area contributed by atoms with Crippen LogP contribution in [0, 0.1) is 5.92 Å². The van der Waals surface area contributed by atoms with E-state index in [-0.39, 0.29) is 44.1 Å². The topological polar surface area (TPSA) is 162 Å². The summed E-state index contributed by atoms with van der Waals surface area (Å²) in [6.45, 7) is 4.38. The van der Waals surface area contributed by atoms with E-state index in [0.29, 0.717) is 41.9 Å². The number of hydrogen-bond donors (Lipinski definition) is 2. The largest absolute Gasteiger partial charge is 0.434 e. The first-order chi connectivity index (χ1) is 21.5. The molecule has 2 heterocycles. The summed E-state index contributed by atoms with van der Waals surface area (Å²) in [7, 11) is -3.75. The average Bonchev–Trinajstić information content (AvgIpc) is 3.64. The van der Waals surface area contributed by atoms with Gasteiger partial charge in [0.15, 0.2) is 11.4 Å². The number of hydrogen-bond acceptors (Lipinski definition) is 9. The number of nitrogens with one attached hydrogen (secondary N) is 1. The first kappa shape index (κ1) is 34.5. The van der Waals surface area contributed by atoms with Crippen LogP contribution in [0.5, 0.6) is 0 Å². The van der Waals surface area contributed by atoms with Crippen LogP contribution in [-0.2, 0) is 31.0 Å². The predicted octanol–water partition coefficient (Wildman–Crippen LogP) is 4.05. The first-order valence-electron chi connectivity index (χ1n) is 14.9. The number of Topliss-reactive ketones (excluding diaryl/α,β-unsaturated/α-hetero) is 2. The molecule has 1 fully saturated rings. The van der Waals surface area contributed by atoms with Crippen molar-refractivity contribution in [1.29, 1.82) is 0 Å². The Bertz CT molecular complexity index is 1580. The number of ketones is 2. The number of aromatic nitrogens is 1. The van der Waals surface area contributed by atoms with Crippen LogP contribution >= 0.6 is 11.6 Å². The van der Waals surface area contributed by atoms with Crippen LogP contribution in [0.25, 0.3) is 11.1 Å². The number of nitrogens with zero attached hydrogens (tertiary/aromatic N) is 2. The van der Waals surface area contributed by atoms with Gasteiger partial charge in [-0.15, -0.1) is 6.58 Å². The number of carbonyl (C=O) groups is 3. The van der Waals surface area contributed by atoms with Crippen LogP contribution < -0.4 is 10.5 Å². The van der Waals surface area contributed by atoms with Crippen LogP contribution in [0.4, 0.5) is 0 Å². The highest BCUT2D eigenvalue weighted by Gasteiger charge is 2.43. The van der Waals surface area contributed by atoms with E-state index in [1.807, 2.05) is 12.1 Å². The number of unbranched alkanes of at least 4 members (excludes halogenated alkanes) is 1. The summed E-state index contributed by atoms with van der Waals surface area (Å²) in [6.07, 6.45) is 3.60. The maximum Gasteiger partial charge on any atom is 0.264 e. The third-order valence-corrected chi connectivity index (χ3v) is 8.67. The lowest BCUT2D eigenvalue weighted by Gasteiger charge is -2.28. The fourth-order valence-electron chi connectivity index (χ4n) is 5.48. The third-order valence-electron chi connectivity index (χ3n) is 7.70. The quantitative estimate of drug-likeness (QED) is 0.124. The van der Waals surface area contributed by atoms with Gasteiger partial charge in [0.1, 0.15) is 11.6 Å². The van der Waals surface area contributed by atoms with E-state index in [0.717, 1.165) is 11.8 Å². The van der Waals surface area contributed by atoms with Crippen molar-refractivity contribution >= 4 is 50.2 Å². The Kier molecular flexibility index (Phi) is 12.0. The Labute approximate surface area is 268 Å². The highest BCUT2D eigenvalue weighted by Crippen LogP contribution is 2.29. The molecule has 45 heavy (non-hydrogen) atoms. The Morgan fingerprint density at radius 2 is 1.93 bits per heavy atom. The number of para-hydroxylation sites is 2. The second-order valence-corrected chi connectivity index (χ2v) is 13.5. The highest BCUT2D eigenvalue weighted by molar-refractivity contribution is 7.88. The molecule has 0 spiro atoms. The predicted molar refractivity (Wildman–Crippen MR) is 171 cm³/mol. The van der Waals surface area contributed by atoms with Crippen LogP contribution in [0.3, 0.4) is 0 Å². The molecule has 242 valence electrons. The molecule has 1 aliphatic rings. The molecule has 0 radical (unpaired) electrons. The maximum absolute atomic E-state index is 14.0. The Morgan fingerprint density at radius 3 is 2.60 bits per heavy atom. The molecular formula is C32H39ClN4O7S. The lowest BCUT2D eigenvalue weighted by Crippen LogP contribution is -2.51. The summed E-state index contributed by atoms with van der Waals surface area (Å²) in [6, 6.07) is 12.1. The molecule has 3 N–H and O–H groups in total. The second kappa shape index (κ2) is 15.7. The second-order valence-electron chi connectivity index (χ2n) is 11.3. The van der Waals surface area contributed by atoms with Crippen molar-refractivity contribution in [2.45, 2.75) is 63.3 Å². The normalized spacial score (nSPS) is 18.2. The molecule has 0 bridgehead atoms. The minimum Gasteiger partial charge on any atom is -0.434 e. The van der Waals surface area contributed by atoms with Gasteiger partial charge in [-0.3, -0.25) is 14.4 Å². The molecule has 2 aromatic carbocycles. The minimum absolute atomic E-state index is 0.0253. The van der Waals surface area contributed by atoms with Gasteiger partial charge in [-0.05, 0) is 55.6 Å². The van der Waals surface area contributed by atoms with E-state index >= 15 is 0 Å². The fraction of sp³-hybridized carbons (Fsp3) is 0.438. The fourth-order valence-corrected chi connectivity index (χ4v) is 6.32. The number of amides is 1. The molecule has 3 aromatic rings. The van der Waals surface area contributed by atoms with Crippen molar-refractivity contribution in [3.8, 4) is 0 Å². The van der Waals surface area contributed by atoms with Crippen LogP contribution in [0.1, 0.15) is 54.8 Å². The van der Waals surface area contributed by atoms with Gasteiger partial charge in [0.25, 0.3) is 5.89 Å². The number of nitrogens with two attached hydrogens (primary N) is 1. The van der Waals surface area contributed by atoms with Gasteiger partial charge < -0.3 is 19.8 Å². The monoisotopic (exact) mass is 658 g/mol. The van der Waals surface area contributed by atoms with Gasteiger partial charge in [-0.25, -0.2) is 18.1 Å². The van der Waals surface area contributed by atoms with E-state index in [4.69, 9.17) is 26.5 Å². The summed E-state index contributed by atoms with van der Waals surface area (Å²) in [5.41, 5.74) is 7.55. The SMILES string of the molecule is C=CC[C@@H](NS(C)(=O)=O)C(=O)N1C[C@H](OCc2ccc(Cl)cc2)C[C@H]1C(=O)C[C@@H](CCCCN)C(=O)c1nc2ccccc2o1. The molecular weight excluding hydrogens is 620 g/mol. The summed E-state index contributed by atoms with van der Waals surface area (Å²) >= 11 is 5.99. The van der Waals surface area contributed by atoms with E-state index in [1.54, 1.807) is 36.4 Å². The summed E-state index contributed by atoms with van der Waals surface area (Å²) in [5, 5.41) is 0.585. The standard InChI is InChI=1S/C32H39ClN4O7S/c1-3-8-26(36-45(2,41)42)32(40)37-19-24(43-20-21-12-14-23(33)15-13-21)18-27(37)28(38)17-22(9-6-7-16-34)30(39)31-35-25-10-4-5-11-29(25)44-31/h3-5,10-15,22,24,26-27,36H,1,6-9,16-20,34H2,2H3/t22-,24-,26-,27+/m1/s1. The van der Waals surface area contributed by atoms with Crippen molar-refractivity contribution in [2.24, 2.45) is 11.7 Å². The maximum atomic E-state index is 14.0. The number of rotatable bonds is 17. The summed E-state index contributed by atoms with van der Waals surface area (Å²) in [5.74, 6) is -2.12. The molecule has 0 saturated carbocycles. The van der Waals surface area contributed by atoms with E-state index in [9.17, 15) is 22.8 Å². The van der Waals surface area contributed by atoms with Gasteiger partial charge in [-0.1, -0.05) is 48.4 Å². The number of likely N-dealkylation sites (tertiary alicyclic amines) is 1. The van der Waals surface area contributed by atoms with Crippen molar-refractivity contribution in [2.75, 3.05) is 19.3 Å². The lowest BCUT2D eigenvalue weighted by atomic mass is 9.89. The average molecular weight is 659 g/mol. The molecule has 4 rings (SSSR count). The zero-order valence-electron chi connectivity index (χ0n) is 25.2. The molecule has 1 aliphatic heterocycles. The van der Waals surface area contributed by atoms with Crippen LogP contribution in [0.2, 0.25) is 5.02 Å². The zero-order valence-corrected chi connectivity index (χ0v) is 26.8. The zero-order chi connectivity index (χ0) is 32.6. The van der Waals surface area contributed by atoms with E-state index in [2.05, 4.69) is 16.3 Å². The van der Waals surface area contributed by atoms with Crippen LogP contribution in [0.15, 0.2) is 65.6 Å². The van der Waals surface area contributed by atoms with Gasteiger partial charge >= 0.3 is 0 Å². The number of oxazole rings is 1. The smallest absolute Gasteiger partial charge is 0.264 e.